The van der Waals surface area contributed by atoms with Crippen molar-refractivity contribution >= 4 is 40.3 Å². The molecule has 0 amide bonds. The van der Waals surface area contributed by atoms with Crippen molar-refractivity contribution in [1.82, 2.24) is 0 Å². The molecule has 1 aliphatic rings. The Morgan fingerprint density at radius 1 is 0.781 bits per heavy atom. The molecule has 0 aliphatic carbocycles. The van der Waals surface area contributed by atoms with E-state index in [1.807, 2.05) is 31.2 Å². The summed E-state index contributed by atoms with van der Waals surface area (Å²) < 4.78 is 0. The van der Waals surface area contributed by atoms with Crippen molar-refractivity contribution in [1.29, 1.82) is 0 Å². The van der Waals surface area contributed by atoms with Crippen LogP contribution in [0.1, 0.15) is 41.6 Å². The summed E-state index contributed by atoms with van der Waals surface area (Å²) in [5.41, 5.74) is 3.29. The maximum atomic E-state index is 11.4. The summed E-state index contributed by atoms with van der Waals surface area (Å²) in [5, 5.41) is 23.0. The zero-order valence-corrected chi connectivity index (χ0v) is 18.6. The number of nitrogens with zero attached hydrogens (tertiary/aromatic N) is 3. The van der Waals surface area contributed by atoms with E-state index in [1.165, 1.54) is 12.1 Å². The number of aryl methyl sites for hydroxylation is 1. The number of hydrogen-bond acceptors (Lipinski definition) is 5. The summed E-state index contributed by atoms with van der Waals surface area (Å²) in [6.45, 7) is 1.99. The van der Waals surface area contributed by atoms with Crippen LogP contribution in [0.4, 0.5) is 17.1 Å². The molecule has 3 aromatic carbocycles. The minimum Gasteiger partial charge on any atom is -0.357 e. The average molecular weight is 472 g/mol. The van der Waals surface area contributed by atoms with E-state index >= 15 is 0 Å². The molecule has 2 atom stereocenters. The summed E-state index contributed by atoms with van der Waals surface area (Å²) in [6.07, 6.45) is 1.43. The van der Waals surface area contributed by atoms with Crippen molar-refractivity contribution in [2.45, 2.75) is 31.8 Å². The molecular weight excluding hydrogens is 453 g/mol. The second kappa shape index (κ2) is 8.76. The molecule has 0 N–H and O–H groups in total. The molecule has 3 aromatic rings. The molecular formula is C23H19Cl2N3O4. The molecule has 0 saturated carbocycles. The van der Waals surface area contributed by atoms with Crippen molar-refractivity contribution in [3.05, 3.63) is 108 Å². The Kier molecular flexibility index (Phi) is 6.04. The van der Waals surface area contributed by atoms with Gasteiger partial charge < -0.3 is 4.90 Å². The highest BCUT2D eigenvalue weighted by molar-refractivity contribution is 6.33. The number of halogens is 2. The Hall–Kier alpha value is -3.16. The van der Waals surface area contributed by atoms with Crippen LogP contribution < -0.4 is 4.90 Å². The zero-order chi connectivity index (χ0) is 23.0. The first-order chi connectivity index (χ1) is 15.3. The molecule has 0 radical (unpaired) electrons. The van der Waals surface area contributed by atoms with Gasteiger partial charge in [-0.05, 0) is 55.2 Å². The molecule has 1 aliphatic heterocycles. The van der Waals surface area contributed by atoms with Crippen LogP contribution in [0.15, 0.2) is 60.7 Å². The van der Waals surface area contributed by atoms with Crippen molar-refractivity contribution in [3.8, 4) is 0 Å². The van der Waals surface area contributed by atoms with Gasteiger partial charge >= 0.3 is 0 Å². The summed E-state index contributed by atoms with van der Waals surface area (Å²) in [5.74, 6) is 0. The quantitative estimate of drug-likeness (QED) is 0.289. The van der Waals surface area contributed by atoms with Gasteiger partial charge in [-0.2, -0.15) is 0 Å². The lowest BCUT2D eigenvalue weighted by atomic mass is 10.0. The predicted octanol–water partition coefficient (Wildman–Crippen LogP) is 7.20. The third-order valence-corrected chi connectivity index (χ3v) is 6.46. The van der Waals surface area contributed by atoms with E-state index in [2.05, 4.69) is 4.90 Å². The smallest absolute Gasteiger partial charge is 0.288 e. The highest BCUT2D eigenvalue weighted by Crippen LogP contribution is 2.48. The van der Waals surface area contributed by atoms with E-state index in [0.717, 1.165) is 22.4 Å². The Balaban J connectivity index is 1.82. The van der Waals surface area contributed by atoms with Crippen molar-refractivity contribution < 1.29 is 9.85 Å². The van der Waals surface area contributed by atoms with Gasteiger partial charge in [-0.25, -0.2) is 0 Å². The summed E-state index contributed by atoms with van der Waals surface area (Å²) >= 11 is 12.0. The number of benzene rings is 3. The largest absolute Gasteiger partial charge is 0.357 e. The number of hydrogen-bond donors (Lipinski definition) is 0. The lowest BCUT2D eigenvalue weighted by Gasteiger charge is -2.33. The highest BCUT2D eigenvalue weighted by atomic mass is 35.5. The van der Waals surface area contributed by atoms with Crippen LogP contribution in [0.25, 0.3) is 0 Å². The van der Waals surface area contributed by atoms with E-state index < -0.39 is 9.85 Å². The van der Waals surface area contributed by atoms with Crippen molar-refractivity contribution in [3.63, 3.8) is 0 Å². The number of rotatable bonds is 5. The van der Waals surface area contributed by atoms with Crippen LogP contribution in [0.2, 0.25) is 10.0 Å². The lowest BCUT2D eigenvalue weighted by Crippen LogP contribution is -2.26. The molecule has 32 heavy (non-hydrogen) atoms. The normalized spacial score (nSPS) is 18.0. The first kappa shape index (κ1) is 22.0. The molecule has 1 fully saturated rings. The minimum atomic E-state index is -0.489. The van der Waals surface area contributed by atoms with Gasteiger partial charge in [-0.15, -0.1) is 0 Å². The first-order valence-electron chi connectivity index (χ1n) is 9.99. The second-order valence-electron chi connectivity index (χ2n) is 7.79. The lowest BCUT2D eigenvalue weighted by molar-refractivity contribution is -0.384. The molecule has 0 unspecified atom stereocenters. The first-order valence-corrected chi connectivity index (χ1v) is 10.7. The fourth-order valence-electron chi connectivity index (χ4n) is 4.30. The van der Waals surface area contributed by atoms with Crippen LogP contribution in [-0.4, -0.2) is 9.85 Å². The Morgan fingerprint density at radius 3 is 1.62 bits per heavy atom. The minimum absolute atomic E-state index is 0.0866. The third-order valence-electron chi connectivity index (χ3n) is 5.82. The molecule has 0 aromatic heterocycles. The van der Waals surface area contributed by atoms with Gasteiger partial charge in [-0.3, -0.25) is 20.2 Å². The van der Waals surface area contributed by atoms with Gasteiger partial charge in [0.15, 0.2) is 0 Å². The van der Waals surface area contributed by atoms with Gasteiger partial charge in [-0.1, -0.05) is 53.0 Å². The fourth-order valence-corrected chi connectivity index (χ4v) is 4.67. The van der Waals surface area contributed by atoms with Gasteiger partial charge in [0.2, 0.25) is 0 Å². The standard InChI is InChI=1S/C23H19Cl2N3O4/c1-14-2-6-17(7-3-14)26-20(15-4-8-18(24)22(12-15)27(29)30)10-11-21(26)16-5-9-19(25)23(13-16)28(31)32/h2-9,12-13,20-21H,10-11H2,1H3/t20-,21-/m1/s1. The molecule has 1 heterocycles. The van der Waals surface area contributed by atoms with Crippen LogP contribution in [0, 0.1) is 27.2 Å². The van der Waals surface area contributed by atoms with E-state index in [9.17, 15) is 20.2 Å². The average Bonchev–Trinajstić information content (AvgIpc) is 3.19. The van der Waals surface area contributed by atoms with E-state index in [0.29, 0.717) is 12.8 Å². The van der Waals surface area contributed by atoms with Gasteiger partial charge in [0.05, 0.1) is 21.9 Å². The maximum absolute atomic E-state index is 11.4. The fraction of sp³-hybridized carbons (Fsp3) is 0.217. The molecule has 0 bridgehead atoms. The van der Waals surface area contributed by atoms with Crippen LogP contribution in [-0.2, 0) is 0 Å². The summed E-state index contributed by atoms with van der Waals surface area (Å²) in [4.78, 5) is 24.0. The van der Waals surface area contributed by atoms with Crippen LogP contribution in [0.3, 0.4) is 0 Å². The molecule has 164 valence electrons. The zero-order valence-electron chi connectivity index (χ0n) is 17.1. The molecule has 1 saturated heterocycles. The number of anilines is 1. The van der Waals surface area contributed by atoms with Gasteiger partial charge in [0.1, 0.15) is 10.0 Å². The number of nitro benzene ring substituents is 2. The maximum Gasteiger partial charge on any atom is 0.288 e. The van der Waals surface area contributed by atoms with E-state index in [4.69, 9.17) is 23.2 Å². The molecule has 9 heteroatoms. The van der Waals surface area contributed by atoms with Crippen LogP contribution in [0.5, 0.6) is 0 Å². The topological polar surface area (TPSA) is 89.5 Å². The molecule has 7 nitrogen and oxygen atoms in total. The van der Waals surface area contributed by atoms with Gasteiger partial charge in [0.25, 0.3) is 11.4 Å². The van der Waals surface area contributed by atoms with Crippen LogP contribution >= 0.6 is 23.2 Å². The van der Waals surface area contributed by atoms with Crippen molar-refractivity contribution in [2.24, 2.45) is 0 Å². The molecule has 4 rings (SSSR count). The summed E-state index contributed by atoms with van der Waals surface area (Å²) in [7, 11) is 0. The predicted molar refractivity (Wildman–Crippen MR) is 125 cm³/mol. The molecule has 0 spiro atoms. The van der Waals surface area contributed by atoms with Gasteiger partial charge in [0, 0.05) is 17.8 Å². The SMILES string of the molecule is Cc1ccc(N2[C@@H](c3ccc(Cl)c([N+](=O)[O-])c3)CC[C@@H]2c2ccc(Cl)c([N+](=O)[O-])c2)cc1. The van der Waals surface area contributed by atoms with E-state index in [-0.39, 0.29) is 33.5 Å². The van der Waals surface area contributed by atoms with E-state index in [1.54, 1.807) is 24.3 Å². The Bertz CT molecular complexity index is 1130. The Morgan fingerprint density at radius 2 is 1.22 bits per heavy atom. The monoisotopic (exact) mass is 471 g/mol. The van der Waals surface area contributed by atoms with Crippen molar-refractivity contribution in [2.75, 3.05) is 4.90 Å². The highest BCUT2D eigenvalue weighted by Gasteiger charge is 2.37. The Labute approximate surface area is 194 Å². The second-order valence-corrected chi connectivity index (χ2v) is 8.60. The number of nitro groups is 2. The summed E-state index contributed by atoms with van der Waals surface area (Å²) in [6, 6.07) is 17.4. The third kappa shape index (κ3) is 4.13.